The molecule has 0 spiro atoms. The van der Waals surface area contributed by atoms with Crippen LogP contribution in [0.3, 0.4) is 0 Å². The lowest BCUT2D eigenvalue weighted by atomic mass is 9.83. The summed E-state index contributed by atoms with van der Waals surface area (Å²) in [7, 11) is 1.26. The maximum Gasteiger partial charge on any atom is 0.312 e. The first-order chi connectivity index (χ1) is 16.4. The zero-order valence-corrected chi connectivity index (χ0v) is 21.8. The number of aliphatic hydroxyl groups is 2. The van der Waals surface area contributed by atoms with E-state index in [1.165, 1.54) is 7.11 Å². The summed E-state index contributed by atoms with van der Waals surface area (Å²) in [5, 5.41) is 20.4. The molecule has 6 nitrogen and oxygen atoms in total. The first kappa shape index (κ1) is 28.5. The fourth-order valence-electron chi connectivity index (χ4n) is 4.05. The van der Waals surface area contributed by atoms with Crippen LogP contribution in [0.15, 0.2) is 42.5 Å². The van der Waals surface area contributed by atoms with E-state index >= 15 is 0 Å². The van der Waals surface area contributed by atoms with E-state index in [-0.39, 0.29) is 18.8 Å². The van der Waals surface area contributed by atoms with Crippen molar-refractivity contribution < 1.29 is 29.3 Å². The number of rotatable bonds is 11. The SMILES string of the molecule is CCC(C)(C)C(=O)OC1(Cc2cc(C)cc(C)c2/C=C/[C@@H](O)C[C@@H](O)CC(=O)OC)C=CC=CC1. The highest BCUT2D eigenvalue weighted by molar-refractivity contribution is 5.76. The topological polar surface area (TPSA) is 93.1 Å². The van der Waals surface area contributed by atoms with Gasteiger partial charge in [0.1, 0.15) is 5.60 Å². The van der Waals surface area contributed by atoms with Crippen LogP contribution in [0.4, 0.5) is 0 Å². The number of esters is 2. The van der Waals surface area contributed by atoms with Crippen molar-refractivity contribution in [1.82, 2.24) is 0 Å². The highest BCUT2D eigenvalue weighted by Crippen LogP contribution is 2.34. The van der Waals surface area contributed by atoms with Crippen molar-refractivity contribution in [3.63, 3.8) is 0 Å². The minimum atomic E-state index is -0.996. The number of carbonyl (C=O) groups excluding carboxylic acids is 2. The molecule has 2 N–H and O–H groups in total. The average molecular weight is 485 g/mol. The van der Waals surface area contributed by atoms with Gasteiger partial charge in [-0.1, -0.05) is 55.0 Å². The van der Waals surface area contributed by atoms with Crippen molar-refractivity contribution in [2.45, 2.75) is 84.5 Å². The molecule has 1 aromatic carbocycles. The Morgan fingerprint density at radius 2 is 1.91 bits per heavy atom. The van der Waals surface area contributed by atoms with E-state index in [4.69, 9.17) is 4.74 Å². The molecule has 6 heteroatoms. The molecule has 0 bridgehead atoms. The van der Waals surface area contributed by atoms with Gasteiger partial charge >= 0.3 is 11.9 Å². The summed E-state index contributed by atoms with van der Waals surface area (Å²) in [6.45, 7) is 9.80. The van der Waals surface area contributed by atoms with Gasteiger partial charge in [-0.2, -0.15) is 0 Å². The number of carbonyl (C=O) groups is 2. The Morgan fingerprint density at radius 1 is 1.20 bits per heavy atom. The standard InChI is InChI=1S/C29H40O6/c1-7-28(4,5)27(33)35-29(13-9-8-10-14-29)19-22-16-20(2)15-21(3)25(22)12-11-23(30)17-24(31)18-26(32)34-6/h8-13,15-16,23-24,30-31H,7,14,17-19H2,1-6H3/b12-11+/t23-,24-,29?/m1/s1. The van der Waals surface area contributed by atoms with E-state index in [1.54, 1.807) is 6.08 Å². The third-order valence-corrected chi connectivity index (χ3v) is 6.58. The first-order valence-electron chi connectivity index (χ1n) is 12.2. The van der Waals surface area contributed by atoms with Gasteiger partial charge in [-0.25, -0.2) is 0 Å². The Bertz CT molecular complexity index is 987. The molecule has 0 amide bonds. The van der Waals surface area contributed by atoms with Crippen LogP contribution < -0.4 is 0 Å². The molecule has 0 heterocycles. The molecule has 3 atom stereocenters. The maximum atomic E-state index is 13.0. The van der Waals surface area contributed by atoms with Crippen LogP contribution in [0.1, 0.15) is 68.7 Å². The summed E-state index contributed by atoms with van der Waals surface area (Å²) in [5.74, 6) is -0.748. The van der Waals surface area contributed by atoms with E-state index in [9.17, 15) is 19.8 Å². The lowest BCUT2D eigenvalue weighted by Gasteiger charge is -2.35. The molecule has 35 heavy (non-hydrogen) atoms. The molecule has 0 radical (unpaired) electrons. The highest BCUT2D eigenvalue weighted by Gasteiger charge is 2.37. The number of aliphatic hydroxyl groups excluding tert-OH is 2. The number of ether oxygens (including phenoxy) is 2. The van der Waals surface area contributed by atoms with Crippen molar-refractivity contribution in [3.8, 4) is 0 Å². The van der Waals surface area contributed by atoms with Gasteiger partial charge in [-0.3, -0.25) is 9.59 Å². The third kappa shape index (κ3) is 8.18. The Kier molecular flexibility index (Phi) is 10.0. The number of benzene rings is 1. The van der Waals surface area contributed by atoms with Crippen molar-refractivity contribution in [2.75, 3.05) is 7.11 Å². The second-order valence-electron chi connectivity index (χ2n) is 10.1. The normalized spacial score (nSPS) is 19.5. The Morgan fingerprint density at radius 3 is 2.51 bits per heavy atom. The van der Waals surface area contributed by atoms with Gasteiger partial charge in [-0.05, 0) is 56.9 Å². The Hall–Kier alpha value is -2.70. The van der Waals surface area contributed by atoms with E-state index < -0.39 is 29.2 Å². The molecular weight excluding hydrogens is 444 g/mol. The van der Waals surface area contributed by atoms with E-state index in [0.29, 0.717) is 19.3 Å². The maximum absolute atomic E-state index is 13.0. The molecule has 1 aliphatic carbocycles. The predicted octanol–water partition coefficient (Wildman–Crippen LogP) is 4.77. The van der Waals surface area contributed by atoms with Gasteiger partial charge < -0.3 is 19.7 Å². The van der Waals surface area contributed by atoms with Crippen LogP contribution in [-0.4, -0.2) is 47.1 Å². The zero-order chi connectivity index (χ0) is 26.2. The van der Waals surface area contributed by atoms with Gasteiger partial charge in [0.05, 0.1) is 31.2 Å². The summed E-state index contributed by atoms with van der Waals surface area (Å²) in [6, 6.07) is 4.15. The third-order valence-electron chi connectivity index (χ3n) is 6.58. The molecule has 192 valence electrons. The van der Waals surface area contributed by atoms with E-state index in [1.807, 2.05) is 65.0 Å². The lowest BCUT2D eigenvalue weighted by molar-refractivity contribution is -0.166. The van der Waals surface area contributed by atoms with Crippen molar-refractivity contribution in [2.24, 2.45) is 5.41 Å². The Labute approximate surface area is 209 Å². The molecule has 0 saturated carbocycles. The van der Waals surface area contributed by atoms with Crippen LogP contribution >= 0.6 is 0 Å². The second kappa shape index (κ2) is 12.3. The van der Waals surface area contributed by atoms with E-state index in [2.05, 4.69) is 16.9 Å². The fraction of sp³-hybridized carbons (Fsp3) is 0.517. The summed E-state index contributed by atoms with van der Waals surface area (Å²) >= 11 is 0. The zero-order valence-electron chi connectivity index (χ0n) is 21.8. The number of methoxy groups -OCH3 is 1. The number of hydrogen-bond donors (Lipinski definition) is 2. The Balaban J connectivity index is 2.32. The minimum Gasteiger partial charge on any atom is -0.469 e. The van der Waals surface area contributed by atoms with Crippen molar-refractivity contribution >= 4 is 18.0 Å². The molecule has 0 saturated heterocycles. The molecule has 1 aliphatic rings. The number of aryl methyl sites for hydroxylation is 2. The van der Waals surface area contributed by atoms with Gasteiger partial charge in [0.15, 0.2) is 0 Å². The molecule has 2 rings (SSSR count). The molecule has 0 aromatic heterocycles. The molecule has 0 fully saturated rings. The van der Waals surface area contributed by atoms with Crippen LogP contribution in [0.5, 0.6) is 0 Å². The highest BCUT2D eigenvalue weighted by atomic mass is 16.6. The van der Waals surface area contributed by atoms with Gasteiger partial charge in [0.2, 0.25) is 0 Å². The average Bonchev–Trinajstić information content (AvgIpc) is 2.78. The molecule has 1 aromatic rings. The molecule has 0 aliphatic heterocycles. The quantitative estimate of drug-likeness (QED) is 0.440. The second-order valence-corrected chi connectivity index (χ2v) is 10.1. The number of hydrogen-bond acceptors (Lipinski definition) is 6. The fourth-order valence-corrected chi connectivity index (χ4v) is 4.05. The van der Waals surface area contributed by atoms with Gasteiger partial charge in [0.25, 0.3) is 0 Å². The smallest absolute Gasteiger partial charge is 0.312 e. The summed E-state index contributed by atoms with van der Waals surface area (Å²) < 4.78 is 10.7. The van der Waals surface area contributed by atoms with Gasteiger partial charge in [0, 0.05) is 19.3 Å². The lowest BCUT2D eigenvalue weighted by Crippen LogP contribution is -2.40. The van der Waals surface area contributed by atoms with Crippen molar-refractivity contribution in [1.29, 1.82) is 0 Å². The minimum absolute atomic E-state index is 0.0209. The number of allylic oxidation sites excluding steroid dienone is 2. The molecule has 1 unspecified atom stereocenters. The molecular formula is C29H40O6. The monoisotopic (exact) mass is 484 g/mol. The van der Waals surface area contributed by atoms with Crippen LogP contribution in [0.25, 0.3) is 6.08 Å². The summed E-state index contributed by atoms with van der Waals surface area (Å²) in [6.07, 6.45) is 11.0. The predicted molar refractivity (Wildman–Crippen MR) is 138 cm³/mol. The largest absolute Gasteiger partial charge is 0.469 e. The van der Waals surface area contributed by atoms with Crippen LogP contribution in [-0.2, 0) is 25.5 Å². The first-order valence-corrected chi connectivity index (χ1v) is 12.2. The van der Waals surface area contributed by atoms with E-state index in [0.717, 1.165) is 22.3 Å². The summed E-state index contributed by atoms with van der Waals surface area (Å²) in [4.78, 5) is 24.4. The summed E-state index contributed by atoms with van der Waals surface area (Å²) in [5.41, 5.74) is 2.69. The van der Waals surface area contributed by atoms with Crippen LogP contribution in [0, 0.1) is 19.3 Å². The van der Waals surface area contributed by atoms with Gasteiger partial charge in [-0.15, -0.1) is 0 Å². The van der Waals surface area contributed by atoms with Crippen molar-refractivity contribution in [3.05, 3.63) is 64.8 Å². The van der Waals surface area contributed by atoms with Crippen LogP contribution in [0.2, 0.25) is 0 Å².